The zero-order valence-corrected chi connectivity index (χ0v) is 15.0. The number of carbonyl (C=O) groups excluding carboxylic acids is 1. The van der Waals surface area contributed by atoms with Gasteiger partial charge in [0.2, 0.25) is 5.91 Å². The van der Waals surface area contributed by atoms with E-state index in [4.69, 9.17) is 4.74 Å². The summed E-state index contributed by atoms with van der Waals surface area (Å²) in [6.45, 7) is 2.83. The predicted molar refractivity (Wildman–Crippen MR) is 102 cm³/mol. The van der Waals surface area contributed by atoms with E-state index in [9.17, 15) is 4.79 Å². The Morgan fingerprint density at radius 2 is 1.88 bits per heavy atom. The molecular formula is C23H23NO2. The van der Waals surface area contributed by atoms with Gasteiger partial charge >= 0.3 is 0 Å². The zero-order chi connectivity index (χ0) is 17.9. The molecule has 0 bridgehead atoms. The Labute approximate surface area is 154 Å². The summed E-state index contributed by atoms with van der Waals surface area (Å²) < 4.78 is 5.53. The highest BCUT2D eigenvalue weighted by atomic mass is 16.5. The molecule has 0 radical (unpaired) electrons. The van der Waals surface area contributed by atoms with Crippen molar-refractivity contribution >= 4 is 5.91 Å². The molecule has 1 aliphatic heterocycles. The summed E-state index contributed by atoms with van der Waals surface area (Å²) in [6.07, 6.45) is 3.90. The van der Waals surface area contributed by atoms with E-state index in [1.165, 1.54) is 11.1 Å². The van der Waals surface area contributed by atoms with Gasteiger partial charge in [-0.25, -0.2) is 0 Å². The van der Waals surface area contributed by atoms with Crippen LogP contribution in [0.3, 0.4) is 0 Å². The average Bonchev–Trinajstić information content (AvgIpc) is 3.39. The Hall–Kier alpha value is -2.73. The van der Waals surface area contributed by atoms with Gasteiger partial charge in [0.05, 0.1) is 6.61 Å². The standard InChI is InChI=1S/C23H23NO2/c1-16(24-23(25)20-9-10-20)14-18-5-2-17(3-6-18)4-7-19-8-11-22-21(15-19)12-13-26-22/h2-3,5-6,8,11,15-16,20H,9-10,12-14H2,1H3,(H,24,25). The lowest BCUT2D eigenvalue weighted by atomic mass is 10.0. The molecule has 1 amide bonds. The first-order valence-corrected chi connectivity index (χ1v) is 9.34. The fourth-order valence-corrected chi connectivity index (χ4v) is 3.24. The van der Waals surface area contributed by atoms with Crippen LogP contribution in [0, 0.1) is 17.8 Å². The molecule has 2 aromatic rings. The third-order valence-corrected chi connectivity index (χ3v) is 4.87. The lowest BCUT2D eigenvalue weighted by Crippen LogP contribution is -2.35. The maximum atomic E-state index is 11.8. The fourth-order valence-electron chi connectivity index (χ4n) is 3.24. The second-order valence-electron chi connectivity index (χ2n) is 7.26. The lowest BCUT2D eigenvalue weighted by molar-refractivity contribution is -0.122. The Morgan fingerprint density at radius 3 is 2.65 bits per heavy atom. The van der Waals surface area contributed by atoms with Crippen LogP contribution in [-0.2, 0) is 17.6 Å². The Bertz CT molecular complexity index is 869. The van der Waals surface area contributed by atoms with Gasteiger partial charge < -0.3 is 10.1 Å². The molecule has 132 valence electrons. The minimum Gasteiger partial charge on any atom is -0.493 e. The van der Waals surface area contributed by atoms with Crippen molar-refractivity contribution < 1.29 is 9.53 Å². The summed E-state index contributed by atoms with van der Waals surface area (Å²) in [5.74, 6) is 7.92. The molecule has 1 atom stereocenters. The first-order valence-electron chi connectivity index (χ1n) is 9.34. The molecule has 4 rings (SSSR count). The molecule has 1 saturated carbocycles. The van der Waals surface area contributed by atoms with Gasteiger partial charge in [-0.05, 0) is 67.6 Å². The molecule has 1 aliphatic carbocycles. The average molecular weight is 345 g/mol. The number of ether oxygens (including phenoxy) is 1. The number of carbonyl (C=O) groups is 1. The van der Waals surface area contributed by atoms with Crippen molar-refractivity contribution in [3.05, 3.63) is 64.7 Å². The van der Waals surface area contributed by atoms with Gasteiger partial charge in [-0.2, -0.15) is 0 Å². The second-order valence-corrected chi connectivity index (χ2v) is 7.26. The van der Waals surface area contributed by atoms with Crippen molar-refractivity contribution in [1.82, 2.24) is 5.32 Å². The van der Waals surface area contributed by atoms with Crippen LogP contribution in [0.15, 0.2) is 42.5 Å². The molecule has 3 nitrogen and oxygen atoms in total. The van der Waals surface area contributed by atoms with E-state index in [1.807, 2.05) is 24.3 Å². The highest BCUT2D eigenvalue weighted by Crippen LogP contribution is 2.29. The van der Waals surface area contributed by atoms with Crippen LogP contribution in [0.2, 0.25) is 0 Å². The number of benzene rings is 2. The summed E-state index contributed by atoms with van der Waals surface area (Å²) in [6, 6.07) is 14.6. The molecule has 0 spiro atoms. The maximum absolute atomic E-state index is 11.8. The van der Waals surface area contributed by atoms with Crippen LogP contribution in [0.25, 0.3) is 0 Å². The quantitative estimate of drug-likeness (QED) is 0.862. The van der Waals surface area contributed by atoms with E-state index in [0.717, 1.165) is 49.2 Å². The molecule has 1 fully saturated rings. The third-order valence-electron chi connectivity index (χ3n) is 4.87. The van der Waals surface area contributed by atoms with Gasteiger partial charge in [-0.15, -0.1) is 0 Å². The van der Waals surface area contributed by atoms with Crippen LogP contribution < -0.4 is 10.1 Å². The molecule has 1 N–H and O–H groups in total. The molecule has 0 saturated heterocycles. The number of fused-ring (bicyclic) bond motifs is 1. The van der Waals surface area contributed by atoms with Gasteiger partial charge in [0.25, 0.3) is 0 Å². The second kappa shape index (κ2) is 7.25. The fraction of sp³-hybridized carbons (Fsp3) is 0.348. The molecule has 2 aromatic carbocycles. The summed E-state index contributed by atoms with van der Waals surface area (Å²) >= 11 is 0. The third kappa shape index (κ3) is 4.08. The maximum Gasteiger partial charge on any atom is 0.223 e. The molecule has 1 heterocycles. The largest absolute Gasteiger partial charge is 0.493 e. The van der Waals surface area contributed by atoms with E-state index in [-0.39, 0.29) is 17.9 Å². The Kier molecular flexibility index (Phi) is 4.67. The SMILES string of the molecule is CC(Cc1ccc(C#Cc2ccc3c(c2)CCO3)cc1)NC(=O)C1CC1. The normalized spacial score (nSPS) is 16.0. The van der Waals surface area contributed by atoms with Gasteiger partial charge in [-0.1, -0.05) is 24.0 Å². The van der Waals surface area contributed by atoms with Crippen LogP contribution >= 0.6 is 0 Å². The van der Waals surface area contributed by atoms with Crippen LogP contribution in [-0.4, -0.2) is 18.6 Å². The summed E-state index contributed by atoms with van der Waals surface area (Å²) in [5.41, 5.74) is 4.48. The minimum atomic E-state index is 0.161. The van der Waals surface area contributed by atoms with Gasteiger partial charge in [0.1, 0.15) is 5.75 Å². The van der Waals surface area contributed by atoms with Gasteiger partial charge in [0.15, 0.2) is 0 Å². The first kappa shape index (κ1) is 16.7. The zero-order valence-electron chi connectivity index (χ0n) is 15.0. The van der Waals surface area contributed by atoms with Gasteiger partial charge in [0, 0.05) is 29.5 Å². The van der Waals surface area contributed by atoms with Crippen molar-refractivity contribution in [2.75, 3.05) is 6.61 Å². The smallest absolute Gasteiger partial charge is 0.223 e. The number of hydrogen-bond donors (Lipinski definition) is 1. The van der Waals surface area contributed by atoms with E-state index < -0.39 is 0 Å². The highest BCUT2D eigenvalue weighted by molar-refractivity contribution is 5.81. The van der Waals surface area contributed by atoms with Crippen molar-refractivity contribution in [2.24, 2.45) is 5.92 Å². The van der Waals surface area contributed by atoms with E-state index in [1.54, 1.807) is 0 Å². The molecule has 0 aromatic heterocycles. The van der Waals surface area contributed by atoms with Crippen LogP contribution in [0.1, 0.15) is 42.0 Å². The molecule has 3 heteroatoms. The van der Waals surface area contributed by atoms with Crippen LogP contribution in [0.5, 0.6) is 5.75 Å². The van der Waals surface area contributed by atoms with Gasteiger partial charge in [-0.3, -0.25) is 4.79 Å². The Morgan fingerprint density at radius 1 is 1.15 bits per heavy atom. The summed E-state index contributed by atoms with van der Waals surface area (Å²) in [4.78, 5) is 11.8. The van der Waals surface area contributed by atoms with E-state index in [0.29, 0.717) is 0 Å². The highest BCUT2D eigenvalue weighted by Gasteiger charge is 2.30. The first-order chi connectivity index (χ1) is 12.7. The number of hydrogen-bond acceptors (Lipinski definition) is 2. The molecule has 2 aliphatic rings. The predicted octanol–water partition coefficient (Wildman–Crippen LogP) is 3.48. The van der Waals surface area contributed by atoms with Crippen molar-refractivity contribution in [2.45, 2.75) is 38.6 Å². The lowest BCUT2D eigenvalue weighted by Gasteiger charge is -2.13. The Balaban J connectivity index is 1.36. The molecular weight excluding hydrogens is 322 g/mol. The van der Waals surface area contributed by atoms with Crippen molar-refractivity contribution in [3.63, 3.8) is 0 Å². The van der Waals surface area contributed by atoms with E-state index in [2.05, 4.69) is 42.3 Å². The monoisotopic (exact) mass is 345 g/mol. The topological polar surface area (TPSA) is 38.3 Å². The number of nitrogens with one attached hydrogen (secondary N) is 1. The summed E-state index contributed by atoms with van der Waals surface area (Å²) in [7, 11) is 0. The summed E-state index contributed by atoms with van der Waals surface area (Å²) in [5, 5.41) is 3.09. The van der Waals surface area contributed by atoms with Crippen molar-refractivity contribution in [1.29, 1.82) is 0 Å². The van der Waals surface area contributed by atoms with E-state index >= 15 is 0 Å². The number of rotatable bonds is 4. The number of amides is 1. The molecule has 1 unspecified atom stereocenters. The van der Waals surface area contributed by atoms with Crippen molar-refractivity contribution in [3.8, 4) is 17.6 Å². The minimum absolute atomic E-state index is 0.161. The molecule has 26 heavy (non-hydrogen) atoms. The van der Waals surface area contributed by atoms with Crippen LogP contribution in [0.4, 0.5) is 0 Å².